The Labute approximate surface area is 215 Å². The molecule has 0 bridgehead atoms. The molecule has 1 aliphatic carbocycles. The number of carboxylic acid groups (broad SMARTS) is 1. The number of aromatic nitrogens is 2. The smallest absolute Gasteiger partial charge is 0.435 e. The summed E-state index contributed by atoms with van der Waals surface area (Å²) in [6.45, 7) is 2.33. The minimum absolute atomic E-state index is 0.0498. The molecule has 206 valence electrons. The first kappa shape index (κ1) is 29.1. The number of alkyl halides is 3. The number of ether oxygens (including phenoxy) is 3. The van der Waals surface area contributed by atoms with E-state index in [0.29, 0.717) is 24.2 Å². The van der Waals surface area contributed by atoms with Gasteiger partial charge in [-0.3, -0.25) is 4.79 Å². The summed E-state index contributed by atoms with van der Waals surface area (Å²) < 4.78 is 59.7. The minimum Gasteiger partial charge on any atom is -0.481 e. The van der Waals surface area contributed by atoms with E-state index >= 15 is 0 Å². The van der Waals surface area contributed by atoms with Crippen molar-refractivity contribution in [1.29, 1.82) is 0 Å². The number of aryl methyl sites for hydroxylation is 1. The Morgan fingerprint density at radius 2 is 1.84 bits per heavy atom. The number of hydrogen-bond donors (Lipinski definition) is 1. The summed E-state index contributed by atoms with van der Waals surface area (Å²) >= 11 is 0. The third kappa shape index (κ3) is 7.33. The van der Waals surface area contributed by atoms with Gasteiger partial charge in [0.15, 0.2) is 5.69 Å². The second kappa shape index (κ2) is 13.4. The van der Waals surface area contributed by atoms with Crippen molar-refractivity contribution in [2.45, 2.75) is 76.8 Å². The van der Waals surface area contributed by atoms with Crippen molar-refractivity contribution >= 4 is 5.97 Å². The molecule has 0 aliphatic heterocycles. The number of halogens is 3. The number of nitrogens with zero attached hydrogens (tertiary/aromatic N) is 2. The Morgan fingerprint density at radius 3 is 2.38 bits per heavy atom. The van der Waals surface area contributed by atoms with Crippen LogP contribution in [0.4, 0.5) is 13.2 Å². The number of rotatable bonds is 14. The first-order chi connectivity index (χ1) is 17.7. The first-order valence-electron chi connectivity index (χ1n) is 12.8. The molecular weight excluding hydrogens is 489 g/mol. The summed E-state index contributed by atoms with van der Waals surface area (Å²) in [6.07, 6.45) is -0.287. The predicted molar refractivity (Wildman–Crippen MR) is 131 cm³/mol. The summed E-state index contributed by atoms with van der Waals surface area (Å²) in [6, 6.07) is 7.13. The van der Waals surface area contributed by atoms with E-state index in [1.807, 2.05) is 6.92 Å². The molecule has 37 heavy (non-hydrogen) atoms. The molecule has 0 spiro atoms. The highest BCUT2D eigenvalue weighted by molar-refractivity contribution is 5.76. The molecule has 2 unspecified atom stereocenters. The highest BCUT2D eigenvalue weighted by Gasteiger charge is 2.42. The lowest BCUT2D eigenvalue weighted by atomic mass is 9.84. The van der Waals surface area contributed by atoms with Crippen molar-refractivity contribution in [1.82, 2.24) is 9.55 Å². The van der Waals surface area contributed by atoms with Crippen molar-refractivity contribution in [3.8, 4) is 0 Å². The molecule has 1 heterocycles. The maximum absolute atomic E-state index is 14.1. The number of hydrogen-bond acceptors (Lipinski definition) is 5. The summed E-state index contributed by atoms with van der Waals surface area (Å²) in [5.74, 6) is -1.01. The van der Waals surface area contributed by atoms with Crippen molar-refractivity contribution in [2.75, 3.05) is 27.4 Å². The lowest BCUT2D eigenvalue weighted by Gasteiger charge is -2.22. The highest BCUT2D eigenvalue weighted by atomic mass is 19.4. The van der Waals surface area contributed by atoms with Crippen LogP contribution in [-0.2, 0) is 38.1 Å². The van der Waals surface area contributed by atoms with E-state index in [2.05, 4.69) is 4.98 Å². The number of methoxy groups -OCH3 is 2. The van der Waals surface area contributed by atoms with Gasteiger partial charge in [0, 0.05) is 27.2 Å². The van der Waals surface area contributed by atoms with Gasteiger partial charge in [-0.1, -0.05) is 50.5 Å². The van der Waals surface area contributed by atoms with E-state index in [0.717, 1.165) is 37.7 Å². The van der Waals surface area contributed by atoms with E-state index < -0.39 is 30.0 Å². The fourth-order valence-electron chi connectivity index (χ4n) is 5.08. The van der Waals surface area contributed by atoms with Gasteiger partial charge in [-0.25, -0.2) is 4.98 Å². The number of aliphatic carboxylic acids is 1. The van der Waals surface area contributed by atoms with Gasteiger partial charge >= 0.3 is 12.1 Å². The Kier molecular flexibility index (Phi) is 10.5. The minimum atomic E-state index is -4.69. The van der Waals surface area contributed by atoms with Gasteiger partial charge in [0.05, 0.1) is 19.1 Å². The zero-order valence-electron chi connectivity index (χ0n) is 21.7. The van der Waals surface area contributed by atoms with Crippen LogP contribution in [0.5, 0.6) is 0 Å². The average Bonchev–Trinajstić information content (AvgIpc) is 3.50. The van der Waals surface area contributed by atoms with Crippen molar-refractivity contribution in [3.63, 3.8) is 0 Å². The Morgan fingerprint density at radius 1 is 1.16 bits per heavy atom. The first-order valence-corrected chi connectivity index (χ1v) is 12.8. The van der Waals surface area contributed by atoms with Crippen LogP contribution in [0, 0.1) is 5.92 Å². The number of carbonyl (C=O) groups is 1. The summed E-state index contributed by atoms with van der Waals surface area (Å²) in [4.78, 5) is 16.0. The molecule has 0 saturated heterocycles. The molecule has 7 nitrogen and oxygen atoms in total. The molecule has 1 aromatic heterocycles. The van der Waals surface area contributed by atoms with Crippen molar-refractivity contribution in [3.05, 3.63) is 52.6 Å². The lowest BCUT2D eigenvalue weighted by molar-refractivity contribution is -0.160. The molecule has 2 atom stereocenters. The van der Waals surface area contributed by atoms with E-state index in [-0.39, 0.29) is 31.4 Å². The number of carboxylic acids is 1. The number of imidazole rings is 1. The third-order valence-electron chi connectivity index (χ3n) is 6.92. The van der Waals surface area contributed by atoms with Crippen LogP contribution in [-0.4, -0.2) is 48.1 Å². The fourth-order valence-corrected chi connectivity index (χ4v) is 5.08. The van der Waals surface area contributed by atoms with E-state index in [1.165, 1.54) is 18.8 Å². The molecule has 3 rings (SSSR count). The number of unbranched alkanes of at least 4 members (excludes halogenated alkanes) is 1. The second-order valence-corrected chi connectivity index (χ2v) is 9.48. The van der Waals surface area contributed by atoms with E-state index in [1.54, 1.807) is 24.3 Å². The van der Waals surface area contributed by atoms with Gasteiger partial charge in [0.2, 0.25) is 6.29 Å². The zero-order chi connectivity index (χ0) is 27.0. The highest BCUT2D eigenvalue weighted by Crippen LogP contribution is 2.39. The second-order valence-electron chi connectivity index (χ2n) is 9.48. The fraction of sp³-hybridized carbons (Fsp3) is 0.630. The van der Waals surface area contributed by atoms with Gasteiger partial charge in [0.1, 0.15) is 11.5 Å². The maximum Gasteiger partial charge on any atom is 0.435 e. The van der Waals surface area contributed by atoms with Crippen LogP contribution in [0.15, 0.2) is 24.3 Å². The topological polar surface area (TPSA) is 82.8 Å². The van der Waals surface area contributed by atoms with Crippen LogP contribution in [0.1, 0.15) is 86.0 Å². The van der Waals surface area contributed by atoms with E-state index in [4.69, 9.17) is 14.2 Å². The molecule has 10 heteroatoms. The molecule has 2 aromatic rings. The van der Waals surface area contributed by atoms with Crippen LogP contribution >= 0.6 is 0 Å². The van der Waals surface area contributed by atoms with Crippen LogP contribution in [0.2, 0.25) is 0 Å². The van der Waals surface area contributed by atoms with Crippen LogP contribution < -0.4 is 0 Å². The Hall–Kier alpha value is -2.43. The largest absolute Gasteiger partial charge is 0.481 e. The molecule has 0 amide bonds. The summed E-state index contributed by atoms with van der Waals surface area (Å²) in [5, 5.41) is 9.85. The van der Waals surface area contributed by atoms with Crippen molar-refractivity contribution < 1.29 is 37.3 Å². The Bertz CT molecular complexity index is 1000. The Balaban J connectivity index is 1.98. The zero-order valence-corrected chi connectivity index (χ0v) is 21.7. The monoisotopic (exact) mass is 526 g/mol. The van der Waals surface area contributed by atoms with Gasteiger partial charge in [-0.15, -0.1) is 0 Å². The maximum atomic E-state index is 14.1. The standard InChI is InChI=1S/C27H37F3N2O5/c1-4-5-10-21-31-24(27(28,29)30)23(26(36-3)37-16-15-35-2)32(21)17-18-11-13-20(14-12-18)22(25(33)34)19-8-6-7-9-19/h11-14,19,22,26H,4-10,15-17H2,1-3H3,(H,33,34). The van der Waals surface area contributed by atoms with Gasteiger partial charge < -0.3 is 23.9 Å². The molecular formula is C27H37F3N2O5. The van der Waals surface area contributed by atoms with Gasteiger partial charge in [-0.2, -0.15) is 13.2 Å². The lowest BCUT2D eigenvalue weighted by Crippen LogP contribution is -2.21. The average molecular weight is 527 g/mol. The molecule has 1 N–H and O–H groups in total. The van der Waals surface area contributed by atoms with Crippen molar-refractivity contribution in [2.24, 2.45) is 5.92 Å². The van der Waals surface area contributed by atoms with E-state index in [9.17, 15) is 23.1 Å². The summed E-state index contributed by atoms with van der Waals surface area (Å²) in [7, 11) is 2.77. The van der Waals surface area contributed by atoms with Crippen LogP contribution in [0.3, 0.4) is 0 Å². The molecule has 1 aromatic carbocycles. The quantitative estimate of drug-likeness (QED) is 0.242. The van der Waals surface area contributed by atoms with Gasteiger partial charge in [0.25, 0.3) is 0 Å². The third-order valence-corrected chi connectivity index (χ3v) is 6.92. The molecule has 0 radical (unpaired) electrons. The molecule has 1 fully saturated rings. The summed E-state index contributed by atoms with van der Waals surface area (Å²) in [5.41, 5.74) is 0.243. The van der Waals surface area contributed by atoms with Crippen LogP contribution in [0.25, 0.3) is 0 Å². The molecule has 1 saturated carbocycles. The normalized spacial score (nSPS) is 16.3. The molecule has 1 aliphatic rings. The predicted octanol–water partition coefficient (Wildman–Crippen LogP) is 5.96. The number of benzene rings is 1. The van der Waals surface area contributed by atoms with Gasteiger partial charge in [-0.05, 0) is 36.3 Å². The SMILES string of the molecule is CCCCc1nc(C(F)(F)F)c(C(OC)OCCOC)n1Cc1ccc(C(C(=O)O)C2CCCC2)cc1.